The van der Waals surface area contributed by atoms with Crippen molar-refractivity contribution < 1.29 is 41.6 Å². The molecule has 1 aliphatic heterocycles. The number of aryl methyl sites for hydroxylation is 1. The Labute approximate surface area is 282 Å². The van der Waals surface area contributed by atoms with Crippen LogP contribution in [0, 0.1) is 29.6 Å². The molecule has 262 valence electrons. The average molecular weight is 694 g/mol. The van der Waals surface area contributed by atoms with Crippen molar-refractivity contribution in [2.75, 3.05) is 13.2 Å². The molecule has 3 saturated carbocycles. The highest BCUT2D eigenvalue weighted by Crippen LogP contribution is 2.71. The van der Waals surface area contributed by atoms with Crippen LogP contribution in [0.2, 0.25) is 0 Å². The molecule has 1 aromatic carbocycles. The maximum atomic E-state index is 15.4. The Bertz CT molecular complexity index is 1640. The number of rotatable bonds is 4. The van der Waals surface area contributed by atoms with E-state index in [1.807, 2.05) is 48.7 Å². The van der Waals surface area contributed by atoms with Gasteiger partial charge in [0.1, 0.15) is 5.60 Å². The van der Waals surface area contributed by atoms with Gasteiger partial charge in [0.05, 0.1) is 29.5 Å². The molecule has 0 unspecified atom stereocenters. The number of hydrogen-bond donors (Lipinski definition) is 2. The summed E-state index contributed by atoms with van der Waals surface area (Å²) in [5.41, 5.74) is -2.25. The summed E-state index contributed by atoms with van der Waals surface area (Å²) in [7, 11) is 0. The van der Waals surface area contributed by atoms with Crippen LogP contribution >= 0.6 is 11.3 Å². The Morgan fingerprint density at radius 3 is 2.38 bits per heavy atom. The van der Waals surface area contributed by atoms with Gasteiger partial charge in [-0.05, 0) is 80.1 Å². The van der Waals surface area contributed by atoms with Crippen molar-refractivity contribution in [2.45, 2.75) is 114 Å². The van der Waals surface area contributed by atoms with Gasteiger partial charge < -0.3 is 19.7 Å². The van der Waals surface area contributed by atoms with Gasteiger partial charge in [0.2, 0.25) is 0 Å². The van der Waals surface area contributed by atoms with Gasteiger partial charge in [0, 0.05) is 35.0 Å². The van der Waals surface area contributed by atoms with Gasteiger partial charge in [-0.2, -0.15) is 22.0 Å². The average Bonchev–Trinajstić information content (AvgIpc) is 3.56. The number of allylic oxidation sites excluding steroid dienone is 1. The number of thiazole rings is 1. The molecule has 2 N–H and O–H groups in total. The summed E-state index contributed by atoms with van der Waals surface area (Å²) < 4.78 is 85.5. The lowest BCUT2D eigenvalue weighted by atomic mass is 9.49. The van der Waals surface area contributed by atoms with E-state index in [2.05, 4.69) is 18.8 Å². The van der Waals surface area contributed by atoms with Crippen molar-refractivity contribution in [2.24, 2.45) is 22.7 Å². The van der Waals surface area contributed by atoms with Crippen LogP contribution in [0.1, 0.15) is 99.9 Å². The van der Waals surface area contributed by atoms with Gasteiger partial charge >= 0.3 is 12.1 Å². The zero-order chi connectivity index (χ0) is 34.5. The third-order valence-corrected chi connectivity index (χ3v) is 13.1. The fourth-order valence-electron chi connectivity index (χ4n) is 9.82. The molecule has 0 amide bonds. The van der Waals surface area contributed by atoms with Crippen LogP contribution in [0.25, 0.3) is 12.2 Å². The Morgan fingerprint density at radius 2 is 1.71 bits per heavy atom. The summed E-state index contributed by atoms with van der Waals surface area (Å²) in [5.74, 6) is -7.76. The normalized spacial score (nSPS) is 36.3. The van der Waals surface area contributed by atoms with Crippen molar-refractivity contribution in [3.63, 3.8) is 0 Å². The van der Waals surface area contributed by atoms with Gasteiger partial charge in [-0.1, -0.05) is 56.7 Å². The van der Waals surface area contributed by atoms with Gasteiger partial charge in [0.15, 0.2) is 5.79 Å². The first-order chi connectivity index (χ1) is 22.3. The zero-order valence-electron chi connectivity index (χ0n) is 27.8. The largest absolute Gasteiger partial charge is 0.456 e. The number of fused-ring (bicyclic) bond motifs is 4. The molecule has 5 aliphatic rings. The highest BCUT2D eigenvalue weighted by atomic mass is 32.1. The lowest BCUT2D eigenvalue weighted by molar-refractivity contribution is -0.362. The fourth-order valence-corrected chi connectivity index (χ4v) is 10.4. The second-order valence-corrected chi connectivity index (χ2v) is 17.0. The maximum absolute atomic E-state index is 15.4. The molecule has 0 radical (unpaired) electrons. The smallest absolute Gasteiger partial charge is 0.385 e. The molecule has 11 heteroatoms. The van der Waals surface area contributed by atoms with Crippen LogP contribution in [0.3, 0.4) is 0 Å². The van der Waals surface area contributed by atoms with E-state index >= 15 is 8.78 Å². The molecule has 2 heterocycles. The summed E-state index contributed by atoms with van der Waals surface area (Å²) in [5, 5.41) is 26.9. The van der Waals surface area contributed by atoms with Crippen LogP contribution < -0.4 is 0 Å². The van der Waals surface area contributed by atoms with E-state index in [4.69, 9.17) is 9.47 Å². The monoisotopic (exact) mass is 693 g/mol. The third kappa shape index (κ3) is 5.24. The van der Waals surface area contributed by atoms with Crippen LogP contribution in [0.5, 0.6) is 0 Å². The number of aromatic nitrogens is 1. The Balaban J connectivity index is 1.33. The van der Waals surface area contributed by atoms with Crippen molar-refractivity contribution in [1.29, 1.82) is 0 Å². The number of benzene rings is 1. The number of ether oxygens (including phenoxy) is 2. The Hall–Kier alpha value is -2.18. The van der Waals surface area contributed by atoms with E-state index in [1.54, 1.807) is 0 Å². The van der Waals surface area contributed by atoms with Gasteiger partial charge in [-0.25, -0.2) is 4.98 Å². The minimum Gasteiger partial charge on any atom is -0.385 e. The predicted octanol–water partition coefficient (Wildman–Crippen LogP) is 8.85. The molecule has 1 spiro atoms. The number of aliphatic hydroxyl groups is 2. The molecule has 5 nitrogen and oxygen atoms in total. The van der Waals surface area contributed by atoms with E-state index in [1.165, 1.54) is 18.3 Å². The summed E-state index contributed by atoms with van der Waals surface area (Å²) in [6.45, 7) is 8.47. The molecular formula is C37H44F5NO4S. The first-order valence-corrected chi connectivity index (χ1v) is 17.8. The van der Waals surface area contributed by atoms with Crippen molar-refractivity contribution >= 4 is 23.5 Å². The van der Waals surface area contributed by atoms with Crippen molar-refractivity contribution in [3.05, 3.63) is 62.6 Å². The SMILES string of the molecule is Cc1nc(C=Cc2cccc([C@H]3C[C@@]4(C)[C@@H](CC[C@@]4(O)C(F)(F)C(F)(F)F)[C@@H]4CC[C@@]5(O)CC6(CCC5=C43)OCC(C)(C)CO6)c2)cs1. The first-order valence-electron chi connectivity index (χ1n) is 16.9. The Morgan fingerprint density at radius 1 is 0.979 bits per heavy atom. The lowest BCUT2D eigenvalue weighted by Crippen LogP contribution is -2.65. The quantitative estimate of drug-likeness (QED) is 0.247. The van der Waals surface area contributed by atoms with Gasteiger partial charge in [-0.15, -0.1) is 11.3 Å². The summed E-state index contributed by atoms with van der Waals surface area (Å²) in [6, 6.07) is 7.59. The second-order valence-electron chi connectivity index (χ2n) is 16.0. The van der Waals surface area contributed by atoms with Crippen LogP contribution in [-0.4, -0.2) is 57.5 Å². The molecule has 1 saturated heterocycles. The first kappa shape index (κ1) is 34.3. The standard InChI is InChI=1S/C37H44F5NO4S/c1-22-43-25(18-48-22)9-8-23-6-5-7-24(16-23)27-17-32(4)28(12-15-35(32,45)36(38,39)37(40,41)42)26-10-13-33(44)19-34(14-11-29(33)30(26)27)46-20-31(2,3)21-47-34/h5-9,16,18,26-28,44-45H,10-15,17,19-21H2,1-4H3/t26-,27+,28-,32-,33+,35-/m0/s1. The number of halogens is 5. The summed E-state index contributed by atoms with van der Waals surface area (Å²) in [6.07, 6.45) is -0.862. The minimum atomic E-state index is -5.90. The predicted molar refractivity (Wildman–Crippen MR) is 173 cm³/mol. The number of nitrogens with zero attached hydrogens (tertiary/aromatic N) is 1. The molecular weight excluding hydrogens is 649 g/mol. The van der Waals surface area contributed by atoms with Crippen LogP contribution in [0.4, 0.5) is 22.0 Å². The number of alkyl halides is 5. The topological polar surface area (TPSA) is 71.8 Å². The highest BCUT2D eigenvalue weighted by Gasteiger charge is 2.79. The molecule has 2 aromatic rings. The van der Waals surface area contributed by atoms with Crippen LogP contribution in [0.15, 0.2) is 40.8 Å². The summed E-state index contributed by atoms with van der Waals surface area (Å²) >= 11 is 1.53. The highest BCUT2D eigenvalue weighted by molar-refractivity contribution is 7.09. The van der Waals surface area contributed by atoms with Gasteiger partial charge in [0.25, 0.3) is 0 Å². The molecule has 4 fully saturated rings. The molecule has 4 aliphatic carbocycles. The maximum Gasteiger partial charge on any atom is 0.456 e. The van der Waals surface area contributed by atoms with Crippen LogP contribution in [-0.2, 0) is 9.47 Å². The molecule has 0 bridgehead atoms. The Kier molecular flexibility index (Phi) is 7.97. The number of hydrogen-bond acceptors (Lipinski definition) is 6. The van der Waals surface area contributed by atoms with E-state index in [9.17, 15) is 23.4 Å². The van der Waals surface area contributed by atoms with Gasteiger partial charge in [-0.3, -0.25) is 0 Å². The van der Waals surface area contributed by atoms with Crippen molar-refractivity contribution in [1.82, 2.24) is 4.98 Å². The van der Waals surface area contributed by atoms with E-state index in [0.29, 0.717) is 38.9 Å². The fraction of sp³-hybridized carbons (Fsp3) is 0.649. The van der Waals surface area contributed by atoms with E-state index in [0.717, 1.165) is 33.0 Å². The molecule has 48 heavy (non-hydrogen) atoms. The van der Waals surface area contributed by atoms with E-state index in [-0.39, 0.29) is 30.6 Å². The lowest BCUT2D eigenvalue weighted by Gasteiger charge is -2.59. The summed E-state index contributed by atoms with van der Waals surface area (Å²) in [4.78, 5) is 4.48. The van der Waals surface area contributed by atoms with E-state index < -0.39 is 52.8 Å². The third-order valence-electron chi connectivity index (χ3n) is 12.3. The minimum absolute atomic E-state index is 0.0480. The molecule has 1 aromatic heterocycles. The zero-order valence-corrected chi connectivity index (χ0v) is 28.6. The second kappa shape index (κ2) is 11.2. The molecule has 6 atom stereocenters. The molecule has 7 rings (SSSR count). The van der Waals surface area contributed by atoms with Crippen molar-refractivity contribution in [3.8, 4) is 0 Å².